The van der Waals surface area contributed by atoms with Gasteiger partial charge in [0.25, 0.3) is 5.91 Å². The molecule has 0 fully saturated rings. The maximum Gasteiger partial charge on any atom is 0.287 e. The molecule has 0 atom stereocenters. The first kappa shape index (κ1) is 15.8. The lowest BCUT2D eigenvalue weighted by molar-refractivity contribution is 0.0922. The van der Waals surface area contributed by atoms with Crippen molar-refractivity contribution in [2.45, 2.75) is 26.0 Å². The molecule has 2 rings (SSSR count). The van der Waals surface area contributed by atoms with E-state index in [2.05, 4.69) is 17.2 Å². The number of carbonyl (C=O) groups excluding carboxylic acids is 1. The summed E-state index contributed by atoms with van der Waals surface area (Å²) in [6.07, 6.45) is 0. The Labute approximate surface area is 128 Å². The summed E-state index contributed by atoms with van der Waals surface area (Å²) >= 11 is 0. The summed E-state index contributed by atoms with van der Waals surface area (Å²) in [5, 5.41) is 12.1. The number of amides is 1. The van der Waals surface area contributed by atoms with Crippen LogP contribution in [-0.2, 0) is 6.54 Å². The zero-order valence-electron chi connectivity index (χ0n) is 12.3. The smallest absolute Gasteiger partial charge is 0.287 e. The molecule has 1 aromatic carbocycles. The summed E-state index contributed by atoms with van der Waals surface area (Å²) in [7, 11) is 0. The van der Waals surface area contributed by atoms with E-state index in [-0.39, 0.29) is 23.9 Å². The molecule has 0 radical (unpaired) electrons. The molecule has 0 aliphatic carbocycles. The first-order chi connectivity index (χ1) is 10.3. The minimum Gasteiger partial charge on any atom is -0.443 e. The maximum absolute atomic E-state index is 13.4. The molecule has 2 N–H and O–H groups in total. The van der Waals surface area contributed by atoms with Crippen molar-refractivity contribution in [3.05, 3.63) is 59.3 Å². The fraction of sp³-hybridized carbons (Fsp3) is 0.235. The van der Waals surface area contributed by atoms with Crippen molar-refractivity contribution in [1.29, 1.82) is 0 Å². The van der Waals surface area contributed by atoms with Gasteiger partial charge in [0.2, 0.25) is 0 Å². The first-order valence-corrected chi connectivity index (χ1v) is 6.72. The van der Waals surface area contributed by atoms with Crippen LogP contribution in [0, 0.1) is 17.7 Å². The van der Waals surface area contributed by atoms with Crippen molar-refractivity contribution in [3.8, 4) is 11.8 Å². The second-order valence-corrected chi connectivity index (χ2v) is 5.25. The van der Waals surface area contributed by atoms with Gasteiger partial charge in [0.1, 0.15) is 11.4 Å². The van der Waals surface area contributed by atoms with Crippen molar-refractivity contribution in [3.63, 3.8) is 0 Å². The number of nitrogens with one attached hydrogen (secondary N) is 1. The topological polar surface area (TPSA) is 62.5 Å². The van der Waals surface area contributed by atoms with Gasteiger partial charge in [-0.1, -0.05) is 24.1 Å². The standard InChI is InChI=1S/C17H16FNO3/c1-17(2,21)10-9-13-7-8-15(22-13)16(20)19-11-12-5-3-4-6-14(12)18/h3-8,21H,11H2,1-2H3,(H,19,20). The van der Waals surface area contributed by atoms with E-state index in [1.54, 1.807) is 32.0 Å². The van der Waals surface area contributed by atoms with E-state index in [4.69, 9.17) is 4.42 Å². The molecule has 114 valence electrons. The Morgan fingerprint density at radius 3 is 2.73 bits per heavy atom. The maximum atomic E-state index is 13.4. The summed E-state index contributed by atoms with van der Waals surface area (Å²) in [6, 6.07) is 9.22. The van der Waals surface area contributed by atoms with Crippen LogP contribution >= 0.6 is 0 Å². The van der Waals surface area contributed by atoms with Gasteiger partial charge in [-0.3, -0.25) is 4.79 Å². The molecule has 0 bridgehead atoms. The van der Waals surface area contributed by atoms with E-state index in [1.165, 1.54) is 18.2 Å². The second-order valence-electron chi connectivity index (χ2n) is 5.25. The van der Waals surface area contributed by atoms with Crippen LogP contribution in [0.3, 0.4) is 0 Å². The van der Waals surface area contributed by atoms with Crippen LogP contribution in [0.1, 0.15) is 35.7 Å². The highest BCUT2D eigenvalue weighted by Gasteiger charge is 2.12. The average molecular weight is 301 g/mol. The van der Waals surface area contributed by atoms with Gasteiger partial charge in [0.05, 0.1) is 0 Å². The second kappa shape index (κ2) is 6.46. The number of aliphatic hydroxyl groups is 1. The third-order valence-corrected chi connectivity index (χ3v) is 2.72. The molecule has 0 aliphatic heterocycles. The molecule has 5 heteroatoms. The average Bonchev–Trinajstić information content (AvgIpc) is 2.92. The minimum absolute atomic E-state index is 0.0664. The fourth-order valence-electron chi connectivity index (χ4n) is 1.65. The van der Waals surface area contributed by atoms with Gasteiger partial charge >= 0.3 is 0 Å². The number of furan rings is 1. The summed E-state index contributed by atoms with van der Waals surface area (Å²) in [5.41, 5.74) is -0.746. The van der Waals surface area contributed by atoms with E-state index < -0.39 is 11.5 Å². The van der Waals surface area contributed by atoms with Crippen LogP contribution < -0.4 is 5.32 Å². The van der Waals surface area contributed by atoms with E-state index in [0.29, 0.717) is 5.56 Å². The van der Waals surface area contributed by atoms with Gasteiger partial charge in [-0.2, -0.15) is 0 Å². The largest absolute Gasteiger partial charge is 0.443 e. The Morgan fingerprint density at radius 2 is 2.05 bits per heavy atom. The lowest BCUT2D eigenvalue weighted by atomic mass is 10.1. The highest BCUT2D eigenvalue weighted by Crippen LogP contribution is 2.09. The molecule has 0 saturated carbocycles. The Balaban J connectivity index is 2.00. The van der Waals surface area contributed by atoms with Crippen LogP contribution in [0.15, 0.2) is 40.8 Å². The summed E-state index contributed by atoms with van der Waals surface area (Å²) in [6.45, 7) is 3.16. The van der Waals surface area contributed by atoms with Gasteiger partial charge < -0.3 is 14.8 Å². The quantitative estimate of drug-likeness (QED) is 0.856. The third kappa shape index (κ3) is 4.47. The number of carbonyl (C=O) groups is 1. The first-order valence-electron chi connectivity index (χ1n) is 6.72. The van der Waals surface area contributed by atoms with Gasteiger partial charge in [-0.25, -0.2) is 4.39 Å². The lowest BCUT2D eigenvalue weighted by Crippen LogP contribution is -2.22. The van der Waals surface area contributed by atoms with E-state index in [0.717, 1.165) is 0 Å². The van der Waals surface area contributed by atoms with Crippen LogP contribution in [0.25, 0.3) is 0 Å². The number of halogens is 1. The normalized spacial score (nSPS) is 10.7. The number of hydrogen-bond acceptors (Lipinski definition) is 3. The molecule has 4 nitrogen and oxygen atoms in total. The highest BCUT2D eigenvalue weighted by atomic mass is 19.1. The molecule has 2 aromatic rings. The fourth-order valence-corrected chi connectivity index (χ4v) is 1.65. The van der Waals surface area contributed by atoms with Crippen LogP contribution in [0.4, 0.5) is 4.39 Å². The van der Waals surface area contributed by atoms with Crippen molar-refractivity contribution in [2.75, 3.05) is 0 Å². The number of hydrogen-bond donors (Lipinski definition) is 2. The Hall–Kier alpha value is -2.58. The molecule has 0 saturated heterocycles. The zero-order valence-corrected chi connectivity index (χ0v) is 12.3. The zero-order chi connectivity index (χ0) is 16.2. The number of benzene rings is 1. The van der Waals surface area contributed by atoms with Gasteiger partial charge in [-0.15, -0.1) is 0 Å². The van der Waals surface area contributed by atoms with Crippen LogP contribution in [-0.4, -0.2) is 16.6 Å². The van der Waals surface area contributed by atoms with Crippen molar-refractivity contribution in [1.82, 2.24) is 5.32 Å². The molecule has 0 unspecified atom stereocenters. The summed E-state index contributed by atoms with van der Waals surface area (Å²) < 4.78 is 18.7. The molecular formula is C17H16FNO3. The van der Waals surface area contributed by atoms with Gasteiger partial charge in [-0.05, 0) is 38.0 Å². The predicted molar refractivity (Wildman–Crippen MR) is 79.5 cm³/mol. The Bertz CT molecular complexity index is 732. The monoisotopic (exact) mass is 301 g/mol. The molecule has 22 heavy (non-hydrogen) atoms. The molecule has 1 aromatic heterocycles. The predicted octanol–water partition coefficient (Wildman–Crippen LogP) is 2.47. The molecule has 0 aliphatic rings. The van der Waals surface area contributed by atoms with Gasteiger partial charge in [0.15, 0.2) is 11.5 Å². The van der Waals surface area contributed by atoms with E-state index in [9.17, 15) is 14.3 Å². The van der Waals surface area contributed by atoms with E-state index >= 15 is 0 Å². The Kier molecular flexibility index (Phi) is 4.64. The number of rotatable bonds is 3. The van der Waals surface area contributed by atoms with E-state index in [1.807, 2.05) is 0 Å². The Morgan fingerprint density at radius 1 is 1.32 bits per heavy atom. The molecule has 1 amide bonds. The van der Waals surface area contributed by atoms with Crippen molar-refractivity contribution >= 4 is 5.91 Å². The summed E-state index contributed by atoms with van der Waals surface area (Å²) in [4.78, 5) is 11.9. The third-order valence-electron chi connectivity index (χ3n) is 2.72. The molecule has 1 heterocycles. The lowest BCUT2D eigenvalue weighted by Gasteiger charge is -2.05. The molecule has 0 spiro atoms. The van der Waals surface area contributed by atoms with Crippen LogP contribution in [0.5, 0.6) is 0 Å². The highest BCUT2D eigenvalue weighted by molar-refractivity contribution is 5.91. The molecular weight excluding hydrogens is 285 g/mol. The minimum atomic E-state index is -1.14. The van der Waals surface area contributed by atoms with Crippen LogP contribution in [0.2, 0.25) is 0 Å². The van der Waals surface area contributed by atoms with Gasteiger partial charge in [0, 0.05) is 12.1 Å². The van der Waals surface area contributed by atoms with Crippen molar-refractivity contribution in [2.24, 2.45) is 0 Å². The summed E-state index contributed by atoms with van der Waals surface area (Å²) in [5.74, 6) is 4.74. The van der Waals surface area contributed by atoms with Crippen molar-refractivity contribution < 1.29 is 18.7 Å². The SMILES string of the molecule is CC(C)(O)C#Cc1ccc(C(=O)NCc2ccccc2F)o1.